The van der Waals surface area contributed by atoms with Gasteiger partial charge in [-0.15, -0.1) is 5.16 Å². The molecule has 0 fully saturated rings. The summed E-state index contributed by atoms with van der Waals surface area (Å²) in [5, 5.41) is 11.4. The molecule has 4 nitrogen and oxygen atoms in total. The van der Waals surface area contributed by atoms with E-state index in [-0.39, 0.29) is 4.49 Å². The Morgan fingerprint density at radius 3 is 2.35 bits per heavy atom. The Hall–Kier alpha value is -1.39. The first-order valence-corrected chi connectivity index (χ1v) is 8.46. The van der Waals surface area contributed by atoms with Crippen molar-refractivity contribution in [2.24, 2.45) is 5.16 Å². The summed E-state index contributed by atoms with van der Waals surface area (Å²) in [5.41, 5.74) is 2.22. The maximum absolute atomic E-state index is 8.38. The van der Waals surface area contributed by atoms with Gasteiger partial charge in [0.1, 0.15) is 22.6 Å². The molecule has 0 radical (unpaired) electrons. The Kier molecular flexibility index (Phi) is 9.57. The molecule has 1 aromatic carbocycles. The van der Waals surface area contributed by atoms with Crippen LogP contribution in [0, 0.1) is 0 Å². The predicted octanol–water partition coefficient (Wildman–Crippen LogP) is 5.13. The van der Waals surface area contributed by atoms with Crippen LogP contribution in [0.15, 0.2) is 27.9 Å². The Bertz CT molecular complexity index is 516. The number of ether oxygens (including phenoxy) is 2. The second-order valence-electron chi connectivity index (χ2n) is 4.87. The van der Waals surface area contributed by atoms with Crippen molar-refractivity contribution in [3.8, 4) is 11.5 Å². The summed E-state index contributed by atoms with van der Waals surface area (Å²) in [7, 11) is 0. The lowest BCUT2D eigenvalue weighted by Crippen LogP contribution is -2.05. The van der Waals surface area contributed by atoms with E-state index in [0.717, 1.165) is 41.9 Å². The molecule has 0 bridgehead atoms. The van der Waals surface area contributed by atoms with Crippen molar-refractivity contribution in [1.82, 2.24) is 0 Å². The summed E-state index contributed by atoms with van der Waals surface area (Å²) < 4.78 is 11.8. The number of halogens is 2. The van der Waals surface area contributed by atoms with Crippen LogP contribution in [0.4, 0.5) is 0 Å². The third-order valence-electron chi connectivity index (χ3n) is 3.27. The largest absolute Gasteiger partial charge is 0.493 e. The molecule has 0 unspecified atom stereocenters. The number of hydrogen-bond donors (Lipinski definition) is 1. The first-order chi connectivity index (χ1) is 11.1. The molecule has 1 N–H and O–H groups in total. The molecule has 0 aromatic heterocycles. The van der Waals surface area contributed by atoms with Crippen molar-refractivity contribution in [2.75, 3.05) is 13.2 Å². The van der Waals surface area contributed by atoms with Crippen molar-refractivity contribution in [2.45, 2.75) is 39.5 Å². The van der Waals surface area contributed by atoms with Crippen LogP contribution < -0.4 is 9.47 Å². The maximum atomic E-state index is 8.38. The predicted molar refractivity (Wildman–Crippen MR) is 95.5 cm³/mol. The SMILES string of the molecule is CCc1cc(OCC=C(Cl)Cl)cc(CC)c1OCCC/C=N/O. The van der Waals surface area contributed by atoms with Crippen LogP contribution in [0.5, 0.6) is 11.5 Å². The van der Waals surface area contributed by atoms with E-state index in [1.807, 2.05) is 12.1 Å². The molecule has 1 aromatic rings. The molecular weight excluding hydrogens is 337 g/mol. The average molecular weight is 360 g/mol. The lowest BCUT2D eigenvalue weighted by molar-refractivity contribution is 0.302. The monoisotopic (exact) mass is 359 g/mol. The summed E-state index contributed by atoms with van der Waals surface area (Å²) in [5.74, 6) is 1.71. The van der Waals surface area contributed by atoms with Gasteiger partial charge in [0, 0.05) is 6.21 Å². The molecule has 0 amide bonds. The van der Waals surface area contributed by atoms with E-state index in [0.29, 0.717) is 19.6 Å². The Morgan fingerprint density at radius 2 is 1.83 bits per heavy atom. The minimum absolute atomic E-state index is 0.197. The number of unbranched alkanes of at least 4 members (excludes halogenated alkanes) is 1. The van der Waals surface area contributed by atoms with Crippen LogP contribution in [0.1, 0.15) is 37.8 Å². The fraction of sp³-hybridized carbons (Fsp3) is 0.471. The highest BCUT2D eigenvalue weighted by atomic mass is 35.5. The van der Waals surface area contributed by atoms with Crippen LogP contribution in [0.2, 0.25) is 0 Å². The van der Waals surface area contributed by atoms with E-state index in [2.05, 4.69) is 19.0 Å². The van der Waals surface area contributed by atoms with E-state index in [4.69, 9.17) is 37.9 Å². The van der Waals surface area contributed by atoms with Crippen LogP contribution in [0.25, 0.3) is 0 Å². The zero-order valence-electron chi connectivity index (χ0n) is 13.5. The van der Waals surface area contributed by atoms with Crippen LogP contribution in [-0.2, 0) is 12.8 Å². The van der Waals surface area contributed by atoms with Gasteiger partial charge in [0.2, 0.25) is 0 Å². The Morgan fingerprint density at radius 1 is 1.17 bits per heavy atom. The molecule has 23 heavy (non-hydrogen) atoms. The first-order valence-electron chi connectivity index (χ1n) is 7.70. The molecule has 6 heteroatoms. The topological polar surface area (TPSA) is 51.0 Å². The van der Waals surface area contributed by atoms with Gasteiger partial charge >= 0.3 is 0 Å². The molecule has 0 aliphatic heterocycles. The molecule has 0 aliphatic carbocycles. The van der Waals surface area contributed by atoms with Gasteiger partial charge in [0.05, 0.1) is 6.61 Å². The van der Waals surface area contributed by atoms with Gasteiger partial charge in [-0.05, 0) is 55.0 Å². The zero-order valence-corrected chi connectivity index (χ0v) is 15.0. The molecular formula is C17H23Cl2NO3. The molecule has 128 valence electrons. The number of hydrogen-bond acceptors (Lipinski definition) is 4. The van der Waals surface area contributed by atoms with Crippen molar-refractivity contribution in [3.63, 3.8) is 0 Å². The van der Waals surface area contributed by atoms with Gasteiger partial charge in [-0.2, -0.15) is 0 Å². The molecule has 0 spiro atoms. The number of benzene rings is 1. The number of oxime groups is 1. The number of rotatable bonds is 10. The van der Waals surface area contributed by atoms with Gasteiger partial charge in [-0.3, -0.25) is 0 Å². The van der Waals surface area contributed by atoms with E-state index < -0.39 is 0 Å². The van der Waals surface area contributed by atoms with Crippen molar-refractivity contribution in [1.29, 1.82) is 0 Å². The molecule has 0 atom stereocenters. The molecule has 0 saturated heterocycles. The second-order valence-corrected chi connectivity index (χ2v) is 5.88. The van der Waals surface area contributed by atoms with Gasteiger partial charge in [0.15, 0.2) is 0 Å². The van der Waals surface area contributed by atoms with Gasteiger partial charge in [0.25, 0.3) is 0 Å². The molecule has 0 saturated carbocycles. The standard InChI is InChI=1S/C17H23Cl2NO3/c1-3-13-11-15(22-10-7-16(18)19)12-14(4-2)17(13)23-9-6-5-8-20-21/h7-8,11-12,21H,3-6,9-10H2,1-2H3/b20-8+. The minimum atomic E-state index is 0.197. The first kappa shape index (κ1) is 19.7. The number of nitrogens with zero attached hydrogens (tertiary/aromatic N) is 1. The van der Waals surface area contributed by atoms with Crippen LogP contribution >= 0.6 is 23.2 Å². The Labute approximate surface area is 147 Å². The molecule has 0 aliphatic rings. The fourth-order valence-corrected chi connectivity index (χ4v) is 2.25. The van der Waals surface area contributed by atoms with Gasteiger partial charge in [-0.1, -0.05) is 37.0 Å². The minimum Gasteiger partial charge on any atom is -0.493 e. The molecule has 0 heterocycles. The van der Waals surface area contributed by atoms with E-state index in [9.17, 15) is 0 Å². The highest BCUT2D eigenvalue weighted by molar-refractivity contribution is 6.55. The fourth-order valence-electron chi connectivity index (χ4n) is 2.12. The summed E-state index contributed by atoms with van der Waals surface area (Å²) in [6, 6.07) is 3.97. The molecule has 1 rings (SSSR count). The summed E-state index contributed by atoms with van der Waals surface area (Å²) >= 11 is 11.2. The average Bonchev–Trinajstić information content (AvgIpc) is 2.54. The van der Waals surface area contributed by atoms with Crippen LogP contribution in [-0.4, -0.2) is 24.6 Å². The van der Waals surface area contributed by atoms with E-state index >= 15 is 0 Å². The van der Waals surface area contributed by atoms with Crippen LogP contribution in [0.3, 0.4) is 0 Å². The second kappa shape index (κ2) is 11.2. The lowest BCUT2D eigenvalue weighted by Gasteiger charge is -2.16. The van der Waals surface area contributed by atoms with Crippen molar-refractivity contribution in [3.05, 3.63) is 33.8 Å². The van der Waals surface area contributed by atoms with Crippen molar-refractivity contribution >= 4 is 29.4 Å². The number of aryl methyl sites for hydroxylation is 2. The summed E-state index contributed by atoms with van der Waals surface area (Å²) in [6.07, 6.45) is 6.26. The zero-order chi connectivity index (χ0) is 17.1. The van der Waals surface area contributed by atoms with Crippen molar-refractivity contribution < 1.29 is 14.7 Å². The third-order valence-corrected chi connectivity index (χ3v) is 3.58. The summed E-state index contributed by atoms with van der Waals surface area (Å²) in [4.78, 5) is 0. The third kappa shape index (κ3) is 7.14. The maximum Gasteiger partial charge on any atom is 0.125 e. The highest BCUT2D eigenvalue weighted by Gasteiger charge is 2.11. The highest BCUT2D eigenvalue weighted by Crippen LogP contribution is 2.31. The smallest absolute Gasteiger partial charge is 0.125 e. The normalized spacial score (nSPS) is 10.8. The summed E-state index contributed by atoms with van der Waals surface area (Å²) in [6.45, 7) is 5.07. The lowest BCUT2D eigenvalue weighted by atomic mass is 10.0. The Balaban J connectivity index is 2.82. The van der Waals surface area contributed by atoms with E-state index in [1.54, 1.807) is 6.08 Å². The van der Waals surface area contributed by atoms with Gasteiger partial charge < -0.3 is 14.7 Å². The quantitative estimate of drug-likeness (QED) is 0.272. The van der Waals surface area contributed by atoms with Gasteiger partial charge in [-0.25, -0.2) is 0 Å². The van der Waals surface area contributed by atoms with E-state index in [1.165, 1.54) is 6.21 Å².